The van der Waals surface area contributed by atoms with Gasteiger partial charge in [-0.25, -0.2) is 4.79 Å². The van der Waals surface area contributed by atoms with E-state index >= 15 is 0 Å². The molecule has 0 aromatic heterocycles. The Morgan fingerprint density at radius 2 is 1.73 bits per heavy atom. The summed E-state index contributed by atoms with van der Waals surface area (Å²) >= 11 is 0. The van der Waals surface area contributed by atoms with Crippen LogP contribution < -0.4 is 4.74 Å². The van der Waals surface area contributed by atoms with Gasteiger partial charge in [-0.15, -0.1) is 0 Å². The Kier molecular flexibility index (Phi) is 3.35. The number of carbonyl (C=O) groups excluding carboxylic acids is 1. The molecule has 0 spiro atoms. The standard InChI is InChI=1S/C12H16O3/c1-7-6-8(2)11(14-4)9(3)10(7)12(13)15-5/h6H,1-5H3. The minimum Gasteiger partial charge on any atom is -0.496 e. The second-order valence-corrected chi connectivity index (χ2v) is 3.54. The zero-order valence-corrected chi connectivity index (χ0v) is 9.80. The van der Waals surface area contributed by atoms with Crippen LogP contribution in [-0.2, 0) is 4.74 Å². The molecule has 3 nitrogen and oxygen atoms in total. The van der Waals surface area contributed by atoms with Gasteiger partial charge in [0.1, 0.15) is 5.75 Å². The van der Waals surface area contributed by atoms with E-state index in [1.54, 1.807) is 7.11 Å². The molecule has 1 aromatic carbocycles. The minimum atomic E-state index is -0.316. The van der Waals surface area contributed by atoms with Gasteiger partial charge in [-0.2, -0.15) is 0 Å². The third-order valence-electron chi connectivity index (χ3n) is 2.49. The molecule has 15 heavy (non-hydrogen) atoms. The average molecular weight is 208 g/mol. The van der Waals surface area contributed by atoms with Crippen molar-refractivity contribution in [2.45, 2.75) is 20.8 Å². The van der Waals surface area contributed by atoms with Crippen molar-refractivity contribution in [3.05, 3.63) is 28.3 Å². The van der Waals surface area contributed by atoms with Crippen LogP contribution in [-0.4, -0.2) is 20.2 Å². The van der Waals surface area contributed by atoms with Crippen LogP contribution >= 0.6 is 0 Å². The Balaban J connectivity index is 3.45. The number of rotatable bonds is 2. The molecule has 0 aliphatic rings. The SMILES string of the molecule is COC(=O)c1c(C)cc(C)c(OC)c1C. The Hall–Kier alpha value is -1.51. The maximum absolute atomic E-state index is 11.6. The summed E-state index contributed by atoms with van der Waals surface area (Å²) in [5, 5.41) is 0. The highest BCUT2D eigenvalue weighted by Crippen LogP contribution is 2.28. The summed E-state index contributed by atoms with van der Waals surface area (Å²) in [6, 6.07) is 1.93. The van der Waals surface area contributed by atoms with Crippen LogP contribution in [0, 0.1) is 20.8 Å². The second-order valence-electron chi connectivity index (χ2n) is 3.54. The number of benzene rings is 1. The fourth-order valence-corrected chi connectivity index (χ4v) is 1.90. The maximum Gasteiger partial charge on any atom is 0.338 e. The molecule has 3 heteroatoms. The topological polar surface area (TPSA) is 35.5 Å². The molecule has 0 N–H and O–H groups in total. The number of hydrogen-bond acceptors (Lipinski definition) is 3. The molecule has 0 amide bonds. The minimum absolute atomic E-state index is 0.316. The molecule has 82 valence electrons. The van der Waals surface area contributed by atoms with Crippen molar-refractivity contribution in [2.75, 3.05) is 14.2 Å². The Labute approximate surface area is 90.0 Å². The highest BCUT2D eigenvalue weighted by Gasteiger charge is 2.17. The van der Waals surface area contributed by atoms with Crippen molar-refractivity contribution >= 4 is 5.97 Å². The number of methoxy groups -OCH3 is 2. The van der Waals surface area contributed by atoms with Crippen LogP contribution in [0.15, 0.2) is 6.07 Å². The number of aryl methyl sites for hydroxylation is 2. The summed E-state index contributed by atoms with van der Waals surface area (Å²) in [4.78, 5) is 11.6. The average Bonchev–Trinajstić information content (AvgIpc) is 2.17. The molecule has 1 aromatic rings. The van der Waals surface area contributed by atoms with Crippen LogP contribution in [0.4, 0.5) is 0 Å². The number of hydrogen-bond donors (Lipinski definition) is 0. The van der Waals surface area contributed by atoms with Crippen molar-refractivity contribution in [1.29, 1.82) is 0 Å². The molecule has 0 aliphatic carbocycles. The first-order valence-corrected chi connectivity index (χ1v) is 4.76. The van der Waals surface area contributed by atoms with Gasteiger partial charge >= 0.3 is 5.97 Å². The molecule has 0 saturated heterocycles. The molecule has 0 unspecified atom stereocenters. The van der Waals surface area contributed by atoms with Gasteiger partial charge in [-0.05, 0) is 31.9 Å². The fraction of sp³-hybridized carbons (Fsp3) is 0.417. The Morgan fingerprint density at radius 1 is 1.13 bits per heavy atom. The van der Waals surface area contributed by atoms with Gasteiger partial charge in [0.2, 0.25) is 0 Å². The predicted molar refractivity (Wildman–Crippen MR) is 58.5 cm³/mol. The molecule has 0 atom stereocenters. The van der Waals surface area contributed by atoms with E-state index in [2.05, 4.69) is 0 Å². The maximum atomic E-state index is 11.6. The summed E-state index contributed by atoms with van der Waals surface area (Å²) in [6.07, 6.45) is 0. The predicted octanol–water partition coefficient (Wildman–Crippen LogP) is 2.41. The molecular weight excluding hydrogens is 192 g/mol. The van der Waals surface area contributed by atoms with E-state index in [1.807, 2.05) is 26.8 Å². The molecule has 0 fully saturated rings. The summed E-state index contributed by atoms with van der Waals surface area (Å²) in [6.45, 7) is 5.72. The molecule has 0 saturated carbocycles. The largest absolute Gasteiger partial charge is 0.496 e. The van der Waals surface area contributed by atoms with Crippen LogP contribution in [0.2, 0.25) is 0 Å². The van der Waals surface area contributed by atoms with E-state index in [4.69, 9.17) is 9.47 Å². The van der Waals surface area contributed by atoms with E-state index in [0.29, 0.717) is 5.56 Å². The smallest absolute Gasteiger partial charge is 0.338 e. The zero-order valence-electron chi connectivity index (χ0n) is 9.80. The highest BCUT2D eigenvalue weighted by atomic mass is 16.5. The van der Waals surface area contributed by atoms with Crippen molar-refractivity contribution in [1.82, 2.24) is 0 Å². The highest BCUT2D eigenvalue weighted by molar-refractivity contribution is 5.93. The lowest BCUT2D eigenvalue weighted by molar-refractivity contribution is 0.0598. The molecule has 0 heterocycles. The quantitative estimate of drug-likeness (QED) is 0.700. The van der Waals surface area contributed by atoms with E-state index < -0.39 is 0 Å². The van der Waals surface area contributed by atoms with Gasteiger partial charge in [0, 0.05) is 5.56 Å². The van der Waals surface area contributed by atoms with Crippen LogP contribution in [0.1, 0.15) is 27.0 Å². The van der Waals surface area contributed by atoms with Crippen LogP contribution in [0.25, 0.3) is 0 Å². The lowest BCUT2D eigenvalue weighted by atomic mass is 9.98. The van der Waals surface area contributed by atoms with E-state index in [9.17, 15) is 4.79 Å². The number of carbonyl (C=O) groups is 1. The Morgan fingerprint density at radius 3 is 2.20 bits per heavy atom. The summed E-state index contributed by atoms with van der Waals surface area (Å²) in [5.74, 6) is 0.435. The van der Waals surface area contributed by atoms with Gasteiger partial charge in [-0.1, -0.05) is 6.07 Å². The lowest BCUT2D eigenvalue weighted by Gasteiger charge is -2.14. The first-order valence-electron chi connectivity index (χ1n) is 4.76. The third kappa shape index (κ3) is 1.96. The fourth-order valence-electron chi connectivity index (χ4n) is 1.90. The Bertz CT molecular complexity index is 394. The van der Waals surface area contributed by atoms with Crippen molar-refractivity contribution < 1.29 is 14.3 Å². The molecule has 0 radical (unpaired) electrons. The first-order chi connectivity index (χ1) is 7.02. The van der Waals surface area contributed by atoms with Gasteiger partial charge < -0.3 is 9.47 Å². The van der Waals surface area contributed by atoms with Crippen molar-refractivity contribution in [2.24, 2.45) is 0 Å². The molecule has 0 aliphatic heterocycles. The molecular formula is C12H16O3. The monoisotopic (exact) mass is 208 g/mol. The van der Waals surface area contributed by atoms with Crippen molar-refractivity contribution in [3.63, 3.8) is 0 Å². The van der Waals surface area contributed by atoms with Gasteiger partial charge in [-0.3, -0.25) is 0 Å². The summed E-state index contributed by atoms with van der Waals surface area (Å²) in [5.41, 5.74) is 3.37. The van der Waals surface area contributed by atoms with Gasteiger partial charge in [0.25, 0.3) is 0 Å². The van der Waals surface area contributed by atoms with E-state index in [-0.39, 0.29) is 5.97 Å². The molecule has 0 bridgehead atoms. The van der Waals surface area contributed by atoms with Gasteiger partial charge in [0.15, 0.2) is 0 Å². The number of esters is 1. The zero-order chi connectivity index (χ0) is 11.6. The van der Waals surface area contributed by atoms with Gasteiger partial charge in [0.05, 0.1) is 19.8 Å². The molecule has 1 rings (SSSR count). The van der Waals surface area contributed by atoms with E-state index in [1.165, 1.54) is 7.11 Å². The summed E-state index contributed by atoms with van der Waals surface area (Å²) in [7, 11) is 2.99. The lowest BCUT2D eigenvalue weighted by Crippen LogP contribution is -2.08. The van der Waals surface area contributed by atoms with E-state index in [0.717, 1.165) is 22.4 Å². The normalized spacial score (nSPS) is 9.93. The third-order valence-corrected chi connectivity index (χ3v) is 2.49. The first kappa shape index (κ1) is 11.6. The van der Waals surface area contributed by atoms with Crippen molar-refractivity contribution in [3.8, 4) is 5.75 Å². The second kappa shape index (κ2) is 4.34. The van der Waals surface area contributed by atoms with Crippen LogP contribution in [0.5, 0.6) is 5.75 Å². The summed E-state index contributed by atoms with van der Waals surface area (Å²) < 4.78 is 10.0. The number of ether oxygens (including phenoxy) is 2. The van der Waals surface area contributed by atoms with Crippen LogP contribution in [0.3, 0.4) is 0 Å².